The molecular weight excluding hydrogens is 428 g/mol. The van der Waals surface area contributed by atoms with Gasteiger partial charge in [-0.2, -0.15) is 0 Å². The molecule has 194 valence electrons. The first-order valence-electron chi connectivity index (χ1n) is 13.6. The summed E-state index contributed by atoms with van der Waals surface area (Å²) in [7, 11) is 0. The summed E-state index contributed by atoms with van der Waals surface area (Å²) in [5.74, 6) is 0.631. The Kier molecular flexibility index (Phi) is 7.66. The first-order chi connectivity index (χ1) is 15.0. The molecule has 2 aliphatic heterocycles. The van der Waals surface area contributed by atoms with Gasteiger partial charge in [-0.3, -0.25) is 14.0 Å². The van der Waals surface area contributed by atoms with Crippen molar-refractivity contribution in [3.05, 3.63) is 0 Å². The molecule has 0 aromatic carbocycles. The van der Waals surface area contributed by atoms with Crippen LogP contribution in [0.25, 0.3) is 0 Å². The van der Waals surface area contributed by atoms with Gasteiger partial charge in [0.2, 0.25) is 0 Å². The molecule has 3 aliphatic rings. The van der Waals surface area contributed by atoms with Gasteiger partial charge in [-0.25, -0.2) is 0 Å². The summed E-state index contributed by atoms with van der Waals surface area (Å²) in [4.78, 5) is 5.39. The fraction of sp³-hybridized carbons (Fsp3) is 1.00. The summed E-state index contributed by atoms with van der Waals surface area (Å²) in [6.45, 7) is 24.4. The Labute approximate surface area is 207 Å². The molecule has 0 radical (unpaired) electrons. The smallest absolute Gasteiger partial charge is 0.0380 e. The van der Waals surface area contributed by atoms with Crippen LogP contribution >= 0.6 is 0 Å². The monoisotopic (exact) mass is 481 g/mol. The van der Waals surface area contributed by atoms with Crippen LogP contribution in [0.1, 0.15) is 127 Å². The molecule has 2 heterocycles. The Balaban J connectivity index is 1.94. The van der Waals surface area contributed by atoms with Crippen molar-refractivity contribution in [2.24, 2.45) is 11.8 Å². The predicted molar refractivity (Wildman–Crippen MR) is 140 cm³/mol. The molecule has 33 heavy (non-hydrogen) atoms. The fourth-order valence-electron chi connectivity index (χ4n) is 8.32. The standard InChI is InChI=1S/C28H54N2O2S/c1-21-13-18-28(33(31)32,19-23(21)30-26(7,8)16-12-17-27(30,9)10)22(2)20-29-24(3,4)14-11-15-25(29,5)6/h21-23H,11-20H2,1-10H3,(H,31,32)/p-1. The highest BCUT2D eigenvalue weighted by Gasteiger charge is 2.53. The second kappa shape index (κ2) is 9.16. The van der Waals surface area contributed by atoms with E-state index >= 15 is 0 Å². The lowest BCUT2D eigenvalue weighted by Gasteiger charge is -2.62. The molecule has 2 saturated heterocycles. The van der Waals surface area contributed by atoms with Gasteiger partial charge in [0.05, 0.1) is 0 Å². The van der Waals surface area contributed by atoms with Crippen LogP contribution in [0.2, 0.25) is 0 Å². The average Bonchev–Trinajstić information content (AvgIpc) is 2.64. The number of rotatable bonds is 5. The van der Waals surface area contributed by atoms with Gasteiger partial charge >= 0.3 is 0 Å². The third kappa shape index (κ3) is 5.13. The molecule has 1 aliphatic carbocycles. The van der Waals surface area contributed by atoms with Gasteiger partial charge in [-0.05, 0) is 136 Å². The van der Waals surface area contributed by atoms with E-state index in [4.69, 9.17) is 0 Å². The number of nitrogens with zero attached hydrogens (tertiary/aromatic N) is 2. The Bertz CT molecular complexity index is 699. The maximum atomic E-state index is 13.1. The minimum absolute atomic E-state index is 0.105. The third-order valence-electron chi connectivity index (χ3n) is 10.2. The van der Waals surface area contributed by atoms with Crippen molar-refractivity contribution in [2.75, 3.05) is 6.54 Å². The molecule has 0 N–H and O–H groups in total. The minimum atomic E-state index is -2.09. The largest absolute Gasteiger partial charge is 0.772 e. The Morgan fingerprint density at radius 3 is 1.76 bits per heavy atom. The molecule has 4 nitrogen and oxygen atoms in total. The topological polar surface area (TPSA) is 46.6 Å². The third-order valence-corrected chi connectivity index (χ3v) is 11.6. The normalized spacial score (nSPS) is 38.5. The summed E-state index contributed by atoms with van der Waals surface area (Å²) in [5.41, 5.74) is 0.433. The van der Waals surface area contributed by atoms with E-state index in [9.17, 15) is 8.76 Å². The van der Waals surface area contributed by atoms with Crippen LogP contribution in [0.4, 0.5) is 0 Å². The Morgan fingerprint density at radius 2 is 1.30 bits per heavy atom. The van der Waals surface area contributed by atoms with Gasteiger partial charge in [-0.1, -0.05) is 13.8 Å². The zero-order valence-electron chi connectivity index (χ0n) is 23.4. The Hall–Kier alpha value is 0.0300. The van der Waals surface area contributed by atoms with Crippen molar-refractivity contribution in [1.29, 1.82) is 0 Å². The first kappa shape index (κ1) is 27.6. The van der Waals surface area contributed by atoms with Crippen LogP contribution in [0, 0.1) is 11.8 Å². The zero-order valence-corrected chi connectivity index (χ0v) is 24.2. The molecule has 5 atom stereocenters. The van der Waals surface area contributed by atoms with Gasteiger partial charge in [-0.15, -0.1) is 0 Å². The second-order valence-corrected chi connectivity index (χ2v) is 15.7. The number of piperidine rings is 2. The summed E-state index contributed by atoms with van der Waals surface area (Å²) < 4.78 is 25.6. The van der Waals surface area contributed by atoms with Crippen molar-refractivity contribution in [3.63, 3.8) is 0 Å². The van der Waals surface area contributed by atoms with E-state index in [0.29, 0.717) is 12.0 Å². The van der Waals surface area contributed by atoms with Gasteiger partial charge in [0.1, 0.15) is 0 Å². The van der Waals surface area contributed by atoms with Crippen LogP contribution < -0.4 is 0 Å². The lowest BCUT2D eigenvalue weighted by molar-refractivity contribution is -0.0955. The van der Waals surface area contributed by atoms with E-state index in [1.807, 2.05) is 0 Å². The minimum Gasteiger partial charge on any atom is -0.772 e. The quantitative estimate of drug-likeness (QED) is 0.420. The van der Waals surface area contributed by atoms with E-state index in [1.54, 1.807) is 0 Å². The van der Waals surface area contributed by atoms with Crippen molar-refractivity contribution in [1.82, 2.24) is 9.80 Å². The van der Waals surface area contributed by atoms with Gasteiger partial charge in [0, 0.05) is 39.5 Å². The highest BCUT2D eigenvalue weighted by atomic mass is 32.2. The number of hydrogen-bond acceptors (Lipinski definition) is 4. The molecule has 5 heteroatoms. The number of hydrogen-bond donors (Lipinski definition) is 0. The lowest BCUT2D eigenvalue weighted by Crippen LogP contribution is -2.67. The molecule has 0 amide bonds. The highest BCUT2D eigenvalue weighted by Crippen LogP contribution is 2.50. The molecule has 0 spiro atoms. The first-order valence-corrected chi connectivity index (χ1v) is 14.7. The van der Waals surface area contributed by atoms with Gasteiger partial charge in [0.15, 0.2) is 0 Å². The maximum absolute atomic E-state index is 13.1. The van der Waals surface area contributed by atoms with Crippen LogP contribution in [-0.2, 0) is 11.1 Å². The maximum Gasteiger partial charge on any atom is 0.0380 e. The second-order valence-electron chi connectivity index (χ2n) is 14.4. The van der Waals surface area contributed by atoms with Gasteiger partial charge in [0.25, 0.3) is 0 Å². The van der Waals surface area contributed by atoms with Crippen LogP contribution in [-0.4, -0.2) is 58.1 Å². The van der Waals surface area contributed by atoms with E-state index in [1.165, 1.54) is 38.5 Å². The van der Waals surface area contributed by atoms with E-state index in [-0.39, 0.29) is 28.1 Å². The van der Waals surface area contributed by atoms with Crippen molar-refractivity contribution < 1.29 is 8.76 Å². The molecule has 0 aromatic rings. The Morgan fingerprint density at radius 1 is 0.848 bits per heavy atom. The van der Waals surface area contributed by atoms with E-state index in [0.717, 1.165) is 25.8 Å². The lowest BCUT2D eigenvalue weighted by atomic mass is 9.68. The molecular formula is C28H53N2O2S-. The zero-order chi connectivity index (χ0) is 25.0. The molecule has 1 saturated carbocycles. The van der Waals surface area contributed by atoms with Crippen molar-refractivity contribution >= 4 is 11.1 Å². The SMILES string of the molecule is CC1CCC(C(C)CN2C(C)(C)CCCC2(C)C)(S(=O)[O-])CC1N1C(C)(C)CCCC1(C)C. The molecule has 0 aromatic heterocycles. The van der Waals surface area contributed by atoms with Crippen LogP contribution in [0.3, 0.4) is 0 Å². The summed E-state index contributed by atoms with van der Waals surface area (Å²) >= 11 is -2.09. The summed E-state index contributed by atoms with van der Waals surface area (Å²) in [5, 5.41) is 0. The fourth-order valence-corrected chi connectivity index (χ4v) is 9.31. The summed E-state index contributed by atoms with van der Waals surface area (Å²) in [6.07, 6.45) is 9.83. The van der Waals surface area contributed by atoms with Crippen molar-refractivity contribution in [3.8, 4) is 0 Å². The molecule has 3 fully saturated rings. The number of likely N-dealkylation sites (tertiary alicyclic amines) is 2. The van der Waals surface area contributed by atoms with Crippen molar-refractivity contribution in [2.45, 2.75) is 160 Å². The average molecular weight is 482 g/mol. The van der Waals surface area contributed by atoms with Gasteiger partial charge < -0.3 is 4.55 Å². The molecule has 0 bridgehead atoms. The molecule has 5 unspecified atom stereocenters. The molecule has 3 rings (SSSR count). The van der Waals surface area contributed by atoms with E-state index < -0.39 is 15.8 Å². The summed E-state index contributed by atoms with van der Waals surface area (Å²) in [6, 6.07) is 0.312. The van der Waals surface area contributed by atoms with E-state index in [2.05, 4.69) is 79.0 Å². The van der Waals surface area contributed by atoms with Crippen LogP contribution in [0.15, 0.2) is 0 Å². The van der Waals surface area contributed by atoms with Crippen LogP contribution in [0.5, 0.6) is 0 Å². The highest BCUT2D eigenvalue weighted by molar-refractivity contribution is 7.80. The predicted octanol–water partition coefficient (Wildman–Crippen LogP) is 6.52.